The number of alkyl halides is 3. The van der Waals surface area contributed by atoms with Crippen molar-refractivity contribution in [3.05, 3.63) is 46.4 Å². The second-order valence-electron chi connectivity index (χ2n) is 4.68. The number of hydrogen-bond acceptors (Lipinski definition) is 3. The molecule has 0 amide bonds. The monoisotopic (exact) mass is 331 g/mol. The van der Waals surface area contributed by atoms with Crippen molar-refractivity contribution < 1.29 is 18.3 Å². The summed E-state index contributed by atoms with van der Waals surface area (Å²) >= 11 is 1.29. The van der Waals surface area contributed by atoms with E-state index in [1.165, 1.54) is 23.9 Å². The molecule has 0 aromatic heterocycles. The maximum Gasteiger partial charge on any atom is 0.416 e. The molecule has 0 bridgehead atoms. The molecule has 0 atom stereocenters. The van der Waals surface area contributed by atoms with Gasteiger partial charge in [0.2, 0.25) is 0 Å². The predicted octanol–water partition coefficient (Wildman–Crippen LogP) is 4.88. The quantitative estimate of drug-likeness (QED) is 0.458. The third-order valence-electron chi connectivity index (χ3n) is 2.98. The molecular formula is C16H20F3NOS. The van der Waals surface area contributed by atoms with Crippen LogP contribution in [0.4, 0.5) is 13.2 Å². The van der Waals surface area contributed by atoms with E-state index >= 15 is 0 Å². The summed E-state index contributed by atoms with van der Waals surface area (Å²) in [6.45, 7) is 1.98. The Morgan fingerprint density at radius 3 is 2.36 bits per heavy atom. The lowest BCUT2D eigenvalue weighted by atomic mass is 10.1. The van der Waals surface area contributed by atoms with Gasteiger partial charge in [-0.15, -0.1) is 0 Å². The van der Waals surface area contributed by atoms with Crippen LogP contribution in [0, 0.1) is 0 Å². The SMILES string of the molecule is CCCC/C=C(\CO)SC(=NC)c1ccc(C(F)(F)F)cc1. The number of aliphatic imine (C=N–C) groups is 1. The zero-order chi connectivity index (χ0) is 16.6. The Bertz CT molecular complexity index is 521. The van der Waals surface area contributed by atoms with Crippen LogP contribution in [0.3, 0.4) is 0 Å². The van der Waals surface area contributed by atoms with Crippen LogP contribution in [-0.2, 0) is 6.18 Å². The first-order chi connectivity index (χ1) is 10.4. The van der Waals surface area contributed by atoms with Crippen LogP contribution in [0.5, 0.6) is 0 Å². The highest BCUT2D eigenvalue weighted by Gasteiger charge is 2.30. The summed E-state index contributed by atoms with van der Waals surface area (Å²) in [7, 11) is 1.58. The van der Waals surface area contributed by atoms with Gasteiger partial charge in [-0.3, -0.25) is 4.99 Å². The van der Waals surface area contributed by atoms with Gasteiger partial charge in [0.1, 0.15) is 5.04 Å². The van der Waals surface area contributed by atoms with Crippen molar-refractivity contribution in [2.75, 3.05) is 13.7 Å². The summed E-state index contributed by atoms with van der Waals surface area (Å²) in [5, 5.41) is 9.96. The first kappa shape index (κ1) is 18.8. The van der Waals surface area contributed by atoms with Crippen molar-refractivity contribution in [3.8, 4) is 0 Å². The molecular weight excluding hydrogens is 311 g/mol. The highest BCUT2D eigenvalue weighted by atomic mass is 32.2. The molecule has 0 radical (unpaired) electrons. The normalized spacial score (nSPS) is 13.5. The van der Waals surface area contributed by atoms with E-state index < -0.39 is 11.7 Å². The number of halogens is 3. The molecule has 2 nitrogen and oxygen atoms in total. The summed E-state index contributed by atoms with van der Waals surface area (Å²) < 4.78 is 37.7. The van der Waals surface area contributed by atoms with Gasteiger partial charge in [0.15, 0.2) is 0 Å². The largest absolute Gasteiger partial charge is 0.416 e. The number of unbranched alkanes of at least 4 members (excludes halogenated alkanes) is 2. The second kappa shape index (κ2) is 9.00. The maximum absolute atomic E-state index is 12.6. The number of benzene rings is 1. The zero-order valence-electron chi connectivity index (χ0n) is 12.7. The minimum Gasteiger partial charge on any atom is -0.391 e. The van der Waals surface area contributed by atoms with E-state index in [0.29, 0.717) is 10.6 Å². The molecule has 0 heterocycles. The van der Waals surface area contributed by atoms with Crippen LogP contribution in [0.1, 0.15) is 37.3 Å². The standard InChI is InChI=1S/C16H20F3NOS/c1-3-4-5-6-14(11-21)22-15(20-2)12-7-9-13(10-8-12)16(17,18)19/h6-10,21H,3-5,11H2,1-2H3/b14-6+,20-15?. The zero-order valence-corrected chi connectivity index (χ0v) is 13.5. The Balaban J connectivity index is 2.86. The van der Waals surface area contributed by atoms with Crippen molar-refractivity contribution in [2.24, 2.45) is 4.99 Å². The summed E-state index contributed by atoms with van der Waals surface area (Å²) in [5.74, 6) is 0. The summed E-state index contributed by atoms with van der Waals surface area (Å²) in [5.41, 5.74) is -0.0760. The number of aliphatic hydroxyl groups is 1. The summed E-state index contributed by atoms with van der Waals surface area (Å²) in [6, 6.07) is 4.89. The maximum atomic E-state index is 12.6. The van der Waals surface area contributed by atoms with E-state index in [1.807, 2.05) is 6.08 Å². The smallest absolute Gasteiger partial charge is 0.391 e. The molecule has 6 heteroatoms. The first-order valence-corrected chi connectivity index (χ1v) is 7.86. The lowest BCUT2D eigenvalue weighted by Gasteiger charge is -2.10. The molecule has 22 heavy (non-hydrogen) atoms. The van der Waals surface area contributed by atoms with Crippen LogP contribution < -0.4 is 0 Å². The fraction of sp³-hybridized carbons (Fsp3) is 0.438. The Kier molecular flexibility index (Phi) is 7.68. The number of thioether (sulfide) groups is 1. The van der Waals surface area contributed by atoms with Crippen LogP contribution in [0.25, 0.3) is 0 Å². The van der Waals surface area contributed by atoms with E-state index in [9.17, 15) is 18.3 Å². The van der Waals surface area contributed by atoms with Gasteiger partial charge in [-0.2, -0.15) is 13.2 Å². The van der Waals surface area contributed by atoms with Crippen LogP contribution >= 0.6 is 11.8 Å². The van der Waals surface area contributed by atoms with Crippen LogP contribution in [0.15, 0.2) is 40.2 Å². The van der Waals surface area contributed by atoms with Gasteiger partial charge in [0.05, 0.1) is 12.2 Å². The van der Waals surface area contributed by atoms with Crippen molar-refractivity contribution >= 4 is 16.8 Å². The molecule has 1 aromatic carbocycles. The summed E-state index contributed by atoms with van der Waals surface area (Å²) in [4.78, 5) is 4.87. The molecule has 122 valence electrons. The second-order valence-corrected chi connectivity index (χ2v) is 5.79. The van der Waals surface area contributed by atoms with Crippen LogP contribution in [0.2, 0.25) is 0 Å². The van der Waals surface area contributed by atoms with Crippen molar-refractivity contribution in [1.29, 1.82) is 0 Å². The lowest BCUT2D eigenvalue weighted by molar-refractivity contribution is -0.137. The van der Waals surface area contributed by atoms with E-state index in [4.69, 9.17) is 0 Å². The van der Waals surface area contributed by atoms with Gasteiger partial charge >= 0.3 is 6.18 Å². The number of rotatable bonds is 6. The number of aliphatic hydroxyl groups excluding tert-OH is 1. The Morgan fingerprint density at radius 1 is 1.27 bits per heavy atom. The number of allylic oxidation sites excluding steroid dienone is 1. The molecule has 0 aliphatic carbocycles. The molecule has 0 aliphatic heterocycles. The van der Waals surface area contributed by atoms with E-state index in [1.54, 1.807) is 7.05 Å². The minimum atomic E-state index is -4.34. The fourth-order valence-electron chi connectivity index (χ4n) is 1.77. The van der Waals surface area contributed by atoms with Gasteiger partial charge in [0.25, 0.3) is 0 Å². The Morgan fingerprint density at radius 2 is 1.91 bits per heavy atom. The van der Waals surface area contributed by atoms with E-state index in [-0.39, 0.29) is 6.61 Å². The molecule has 1 rings (SSSR count). The van der Waals surface area contributed by atoms with Gasteiger partial charge in [-0.1, -0.05) is 49.7 Å². The van der Waals surface area contributed by atoms with E-state index in [2.05, 4.69) is 11.9 Å². The fourth-order valence-corrected chi connectivity index (χ4v) is 2.62. The van der Waals surface area contributed by atoms with Gasteiger partial charge in [0, 0.05) is 17.5 Å². The lowest BCUT2D eigenvalue weighted by Crippen LogP contribution is -2.05. The van der Waals surface area contributed by atoms with Gasteiger partial charge in [-0.05, 0) is 18.6 Å². The topological polar surface area (TPSA) is 32.6 Å². The Labute approximate surface area is 133 Å². The average molecular weight is 331 g/mol. The van der Waals surface area contributed by atoms with Crippen molar-refractivity contribution in [2.45, 2.75) is 32.4 Å². The molecule has 1 aromatic rings. The first-order valence-electron chi connectivity index (χ1n) is 7.04. The number of hydrogen-bond donors (Lipinski definition) is 1. The molecule has 0 saturated heterocycles. The molecule has 0 aliphatic rings. The summed E-state index contributed by atoms with van der Waals surface area (Å²) in [6.07, 6.45) is 0.564. The number of nitrogens with zero attached hydrogens (tertiary/aromatic N) is 1. The highest BCUT2D eigenvalue weighted by molar-refractivity contribution is 8.17. The predicted molar refractivity (Wildman–Crippen MR) is 86.2 cm³/mol. The van der Waals surface area contributed by atoms with Crippen molar-refractivity contribution in [3.63, 3.8) is 0 Å². The molecule has 0 spiro atoms. The Hall–Kier alpha value is -1.27. The molecule has 0 unspecified atom stereocenters. The average Bonchev–Trinajstić information content (AvgIpc) is 2.50. The van der Waals surface area contributed by atoms with Crippen molar-refractivity contribution in [1.82, 2.24) is 0 Å². The van der Waals surface area contributed by atoms with Gasteiger partial charge in [-0.25, -0.2) is 0 Å². The molecule has 1 N–H and O–H groups in total. The minimum absolute atomic E-state index is 0.103. The van der Waals surface area contributed by atoms with Gasteiger partial charge < -0.3 is 5.11 Å². The highest BCUT2D eigenvalue weighted by Crippen LogP contribution is 2.30. The van der Waals surface area contributed by atoms with E-state index in [0.717, 1.165) is 36.3 Å². The van der Waals surface area contributed by atoms with Crippen LogP contribution in [-0.4, -0.2) is 23.8 Å². The third kappa shape index (κ3) is 5.85. The third-order valence-corrected chi connectivity index (χ3v) is 4.15. The molecule has 0 fully saturated rings. The molecule has 0 saturated carbocycles.